The smallest absolute Gasteiger partial charge is 0.217 e. The molecule has 0 radical (unpaired) electrons. The molecule has 1 amide bonds. The van der Waals surface area contributed by atoms with Crippen LogP contribution in [0.15, 0.2) is 0 Å². The lowest BCUT2D eigenvalue weighted by Crippen LogP contribution is -2.69. The Balaban J connectivity index is 1.74. The third kappa shape index (κ3) is 6.45. The number of carbonyl (C=O) groups excluding carboxylic acids is 1. The van der Waals surface area contributed by atoms with Crippen LogP contribution >= 0.6 is 0 Å². The summed E-state index contributed by atoms with van der Waals surface area (Å²) in [6.45, 7) is 1.17. The van der Waals surface area contributed by atoms with Gasteiger partial charge in [-0.15, -0.1) is 0 Å². The van der Waals surface area contributed by atoms with Crippen LogP contribution in [0.3, 0.4) is 0 Å². The van der Waals surface area contributed by atoms with Crippen LogP contribution in [-0.4, -0.2) is 155 Å². The average Bonchev–Trinajstić information content (AvgIpc) is 2.89. The molecule has 3 rings (SSSR count). The quantitative estimate of drug-likeness (QED) is 0.128. The van der Waals surface area contributed by atoms with Crippen molar-refractivity contribution in [2.45, 2.75) is 106 Å². The molecule has 3 aliphatic heterocycles. The molecule has 0 bridgehead atoms. The highest BCUT2D eigenvalue weighted by molar-refractivity contribution is 5.73. The van der Waals surface area contributed by atoms with Crippen LogP contribution in [0.4, 0.5) is 0 Å². The number of aliphatic hydroxyl groups is 6. The van der Waals surface area contributed by atoms with Crippen molar-refractivity contribution in [2.24, 2.45) is 11.5 Å². The summed E-state index contributed by atoms with van der Waals surface area (Å²) in [4.78, 5) is 11.6. The largest absolute Gasteiger partial charge is 0.394 e. The van der Waals surface area contributed by atoms with Crippen LogP contribution in [-0.2, 0) is 33.2 Å². The van der Waals surface area contributed by atoms with Crippen molar-refractivity contribution in [3.63, 3.8) is 0 Å². The van der Waals surface area contributed by atoms with Crippen molar-refractivity contribution < 1.29 is 63.9 Å². The van der Waals surface area contributed by atoms with E-state index in [1.165, 1.54) is 14.0 Å². The Labute approximate surface area is 219 Å². The number of amides is 1. The van der Waals surface area contributed by atoms with Gasteiger partial charge in [0.2, 0.25) is 5.91 Å². The molecule has 0 aromatic heterocycles. The fraction of sp³-hybridized carbons (Fsp3) is 0.955. The van der Waals surface area contributed by atoms with Gasteiger partial charge in [-0.25, -0.2) is 0 Å². The second-order valence-corrected chi connectivity index (χ2v) is 9.77. The van der Waals surface area contributed by atoms with E-state index in [2.05, 4.69) is 5.32 Å². The summed E-state index contributed by atoms with van der Waals surface area (Å²) < 4.78 is 33.9. The van der Waals surface area contributed by atoms with Crippen LogP contribution in [0.25, 0.3) is 0 Å². The molecule has 3 aliphatic rings. The molecule has 0 aromatic carbocycles. The number of methoxy groups -OCH3 is 1. The highest BCUT2D eigenvalue weighted by Gasteiger charge is 2.52. The van der Waals surface area contributed by atoms with Crippen molar-refractivity contribution in [1.29, 1.82) is 0 Å². The van der Waals surface area contributed by atoms with Gasteiger partial charge in [-0.3, -0.25) is 4.79 Å². The second-order valence-electron chi connectivity index (χ2n) is 9.77. The van der Waals surface area contributed by atoms with Gasteiger partial charge < -0.3 is 75.8 Å². The molecular formula is C22H41N3O13. The molecule has 16 heteroatoms. The summed E-state index contributed by atoms with van der Waals surface area (Å²) in [7, 11) is 1.32. The zero-order chi connectivity index (χ0) is 28.3. The summed E-state index contributed by atoms with van der Waals surface area (Å²) in [6.07, 6.45) is -14.2. The van der Waals surface area contributed by atoms with Gasteiger partial charge >= 0.3 is 0 Å². The minimum atomic E-state index is -1.52. The molecule has 3 saturated heterocycles. The highest BCUT2D eigenvalue weighted by Crippen LogP contribution is 2.31. The predicted molar refractivity (Wildman–Crippen MR) is 125 cm³/mol. The van der Waals surface area contributed by atoms with E-state index >= 15 is 0 Å². The summed E-state index contributed by atoms with van der Waals surface area (Å²) in [5.41, 5.74) is 12.2. The van der Waals surface area contributed by atoms with Gasteiger partial charge in [0.15, 0.2) is 12.6 Å². The molecule has 0 aromatic rings. The third-order valence-electron chi connectivity index (χ3n) is 7.17. The van der Waals surface area contributed by atoms with E-state index in [0.29, 0.717) is 0 Å². The van der Waals surface area contributed by atoms with Gasteiger partial charge in [-0.1, -0.05) is 0 Å². The Hall–Kier alpha value is -1.09. The van der Waals surface area contributed by atoms with E-state index in [9.17, 15) is 35.4 Å². The van der Waals surface area contributed by atoms with Gasteiger partial charge in [0.1, 0.15) is 54.9 Å². The molecule has 11 N–H and O–H groups in total. The van der Waals surface area contributed by atoms with Crippen LogP contribution in [0.5, 0.6) is 0 Å². The Morgan fingerprint density at radius 2 is 1.21 bits per heavy atom. The maximum atomic E-state index is 11.6. The van der Waals surface area contributed by atoms with Crippen LogP contribution < -0.4 is 16.8 Å². The number of nitrogens with two attached hydrogens (primary N) is 2. The van der Waals surface area contributed by atoms with Gasteiger partial charge in [-0.2, -0.15) is 0 Å². The summed E-state index contributed by atoms with van der Waals surface area (Å²) in [5, 5.41) is 64.4. The van der Waals surface area contributed by atoms with Crippen molar-refractivity contribution in [1.82, 2.24) is 5.32 Å². The monoisotopic (exact) mass is 555 g/mol. The number of aliphatic hydroxyl groups excluding tert-OH is 6. The summed E-state index contributed by atoms with van der Waals surface area (Å²) in [5.74, 6) is -0.416. The Kier molecular flexibility index (Phi) is 11.2. The number of carbonyl (C=O) groups is 1. The van der Waals surface area contributed by atoms with Crippen molar-refractivity contribution in [3.05, 3.63) is 0 Å². The molecule has 38 heavy (non-hydrogen) atoms. The Morgan fingerprint density at radius 1 is 0.789 bits per heavy atom. The molecule has 0 aliphatic carbocycles. The van der Waals surface area contributed by atoms with E-state index in [-0.39, 0.29) is 0 Å². The minimum Gasteiger partial charge on any atom is -0.394 e. The second kappa shape index (κ2) is 13.5. The standard InChI is InChI=1S/C22H41N3O13/c1-7-14(25-8(2)29)17(32)20(10(5-27)34-7)38-22-13(24)16(31)19(11(6-28)36-22)37-21-12(23)15(30)18(33-3)9(4-26)35-21/h7,9-22,26-28,30-32H,4-6,23-24H2,1-3H3,(H,25,29). The zero-order valence-corrected chi connectivity index (χ0v) is 21.5. The summed E-state index contributed by atoms with van der Waals surface area (Å²) >= 11 is 0. The van der Waals surface area contributed by atoms with Crippen molar-refractivity contribution >= 4 is 5.91 Å². The molecule has 16 nitrogen and oxygen atoms in total. The molecule has 0 spiro atoms. The lowest BCUT2D eigenvalue weighted by Gasteiger charge is -2.49. The topological polar surface area (TPSA) is 258 Å². The van der Waals surface area contributed by atoms with E-state index in [0.717, 1.165) is 0 Å². The Bertz CT molecular complexity index is 764. The van der Waals surface area contributed by atoms with Gasteiger partial charge in [-0.05, 0) is 6.92 Å². The molecule has 15 unspecified atom stereocenters. The lowest BCUT2D eigenvalue weighted by molar-refractivity contribution is -0.344. The first-order chi connectivity index (χ1) is 18.0. The first kappa shape index (κ1) is 31.4. The maximum Gasteiger partial charge on any atom is 0.217 e. The molecule has 15 atom stereocenters. The van der Waals surface area contributed by atoms with Gasteiger partial charge in [0.25, 0.3) is 0 Å². The maximum absolute atomic E-state index is 11.6. The van der Waals surface area contributed by atoms with Crippen molar-refractivity contribution in [3.8, 4) is 0 Å². The number of rotatable bonds is 9. The van der Waals surface area contributed by atoms with Crippen LogP contribution in [0.1, 0.15) is 13.8 Å². The number of ether oxygens (including phenoxy) is 6. The first-order valence-electron chi connectivity index (χ1n) is 12.4. The van der Waals surface area contributed by atoms with E-state index in [1.54, 1.807) is 6.92 Å². The Morgan fingerprint density at radius 3 is 1.66 bits per heavy atom. The fourth-order valence-corrected chi connectivity index (χ4v) is 5.08. The third-order valence-corrected chi connectivity index (χ3v) is 7.17. The lowest BCUT2D eigenvalue weighted by atomic mass is 9.92. The molecular weight excluding hydrogens is 514 g/mol. The number of nitrogens with one attached hydrogen (secondary N) is 1. The van der Waals surface area contributed by atoms with E-state index < -0.39 is 117 Å². The van der Waals surface area contributed by atoms with Gasteiger partial charge in [0.05, 0.1) is 44.1 Å². The minimum absolute atomic E-state index is 0.416. The van der Waals surface area contributed by atoms with Crippen molar-refractivity contribution in [2.75, 3.05) is 26.9 Å². The molecule has 0 saturated carbocycles. The number of hydrogen-bond donors (Lipinski definition) is 9. The molecule has 3 fully saturated rings. The van der Waals surface area contributed by atoms with E-state index in [1.807, 2.05) is 0 Å². The van der Waals surface area contributed by atoms with E-state index in [4.69, 9.17) is 39.9 Å². The highest BCUT2D eigenvalue weighted by atomic mass is 16.7. The number of hydrogen-bond acceptors (Lipinski definition) is 15. The molecule has 222 valence electrons. The summed E-state index contributed by atoms with van der Waals surface area (Å²) in [6, 6.07) is -3.31. The normalized spacial score (nSPS) is 48.0. The van der Waals surface area contributed by atoms with Gasteiger partial charge in [0, 0.05) is 14.0 Å². The average molecular weight is 556 g/mol. The first-order valence-corrected chi connectivity index (χ1v) is 12.4. The predicted octanol–water partition coefficient (Wildman–Crippen LogP) is -5.77. The fourth-order valence-electron chi connectivity index (χ4n) is 5.08. The zero-order valence-electron chi connectivity index (χ0n) is 21.5. The van der Waals surface area contributed by atoms with Crippen LogP contribution in [0.2, 0.25) is 0 Å². The van der Waals surface area contributed by atoms with Crippen LogP contribution in [0, 0.1) is 0 Å². The molecule has 3 heterocycles. The SMILES string of the molecule is COC1C(CO)OC(OC2C(CO)OC(OC3C(CO)OC(C)C(NC(C)=O)C3O)C(N)C2O)C(N)C1O.